The van der Waals surface area contributed by atoms with Gasteiger partial charge in [0.15, 0.2) is 0 Å². The van der Waals surface area contributed by atoms with Crippen LogP contribution in [0.5, 0.6) is 0 Å². The van der Waals surface area contributed by atoms with Crippen molar-refractivity contribution in [2.75, 3.05) is 39.9 Å². The molecule has 3 rings (SSSR count). The molecule has 27 heavy (non-hydrogen) atoms. The van der Waals surface area contributed by atoms with Gasteiger partial charge in [-0.1, -0.05) is 24.3 Å². The zero-order valence-corrected chi connectivity index (χ0v) is 16.7. The molecule has 2 saturated heterocycles. The van der Waals surface area contributed by atoms with Crippen LogP contribution in [0.4, 0.5) is 0 Å². The number of hydrogen-bond donors (Lipinski definition) is 0. The molecule has 2 amide bonds. The molecule has 2 aliphatic rings. The lowest BCUT2D eigenvalue weighted by atomic mass is 9.73. The molecule has 1 atom stereocenters. The molecule has 0 aromatic heterocycles. The molecular weight excluding hydrogens is 340 g/mol. The number of carbonyl (C=O) groups excluding carboxylic acids is 2. The number of likely N-dealkylation sites (tertiary alicyclic amines) is 2. The normalized spacial score (nSPS) is 23.1. The maximum absolute atomic E-state index is 12.9. The first-order chi connectivity index (χ1) is 13.0. The molecule has 0 saturated carbocycles. The lowest BCUT2D eigenvalue weighted by Crippen LogP contribution is -2.55. The van der Waals surface area contributed by atoms with E-state index in [1.165, 1.54) is 5.56 Å². The van der Waals surface area contributed by atoms with Gasteiger partial charge < -0.3 is 14.5 Å². The van der Waals surface area contributed by atoms with E-state index in [4.69, 9.17) is 4.74 Å². The Kier molecular flexibility index (Phi) is 6.53. The van der Waals surface area contributed by atoms with Gasteiger partial charge in [0.1, 0.15) is 0 Å². The fourth-order valence-electron chi connectivity index (χ4n) is 4.54. The number of piperidine rings is 2. The molecule has 0 radical (unpaired) electrons. The SMILES string of the molecule is COCCCN1C[C@@]2(CCCN(C(=O)Cc3ccccc3C)C2)CCC1=O. The fourth-order valence-corrected chi connectivity index (χ4v) is 4.54. The second kappa shape index (κ2) is 8.87. The minimum atomic E-state index is 0.0701. The van der Waals surface area contributed by atoms with Crippen molar-refractivity contribution in [3.05, 3.63) is 35.4 Å². The van der Waals surface area contributed by atoms with Crippen LogP contribution >= 0.6 is 0 Å². The van der Waals surface area contributed by atoms with Crippen molar-refractivity contribution in [3.8, 4) is 0 Å². The summed E-state index contributed by atoms with van der Waals surface area (Å²) in [6.45, 7) is 5.90. The first-order valence-corrected chi connectivity index (χ1v) is 10.1. The molecule has 1 aromatic carbocycles. The van der Waals surface area contributed by atoms with Crippen molar-refractivity contribution in [2.45, 2.75) is 45.4 Å². The molecule has 0 aliphatic carbocycles. The third-order valence-corrected chi connectivity index (χ3v) is 6.14. The van der Waals surface area contributed by atoms with Crippen LogP contribution in [0.2, 0.25) is 0 Å². The minimum absolute atomic E-state index is 0.0701. The topological polar surface area (TPSA) is 49.9 Å². The van der Waals surface area contributed by atoms with E-state index in [1.54, 1.807) is 7.11 Å². The molecule has 2 aliphatic heterocycles. The molecule has 5 nitrogen and oxygen atoms in total. The number of aryl methyl sites for hydroxylation is 1. The fraction of sp³-hybridized carbons (Fsp3) is 0.636. The van der Waals surface area contributed by atoms with E-state index in [9.17, 15) is 9.59 Å². The van der Waals surface area contributed by atoms with Gasteiger partial charge in [-0.3, -0.25) is 9.59 Å². The number of methoxy groups -OCH3 is 1. The van der Waals surface area contributed by atoms with Crippen molar-refractivity contribution in [1.82, 2.24) is 9.80 Å². The van der Waals surface area contributed by atoms with Crippen molar-refractivity contribution >= 4 is 11.8 Å². The van der Waals surface area contributed by atoms with Gasteiger partial charge in [-0.2, -0.15) is 0 Å². The van der Waals surface area contributed by atoms with E-state index in [-0.39, 0.29) is 17.2 Å². The van der Waals surface area contributed by atoms with Gasteiger partial charge in [-0.15, -0.1) is 0 Å². The average Bonchev–Trinajstić information content (AvgIpc) is 2.67. The van der Waals surface area contributed by atoms with Gasteiger partial charge in [-0.05, 0) is 43.7 Å². The second-order valence-electron chi connectivity index (χ2n) is 8.18. The maximum Gasteiger partial charge on any atom is 0.227 e. The second-order valence-corrected chi connectivity index (χ2v) is 8.18. The summed E-state index contributed by atoms with van der Waals surface area (Å²) < 4.78 is 5.13. The van der Waals surface area contributed by atoms with Crippen LogP contribution < -0.4 is 0 Å². The Hall–Kier alpha value is -1.88. The van der Waals surface area contributed by atoms with Crippen molar-refractivity contribution in [1.29, 1.82) is 0 Å². The molecule has 2 fully saturated rings. The largest absolute Gasteiger partial charge is 0.385 e. The molecule has 5 heteroatoms. The van der Waals surface area contributed by atoms with Crippen LogP contribution in [-0.4, -0.2) is 61.5 Å². The van der Waals surface area contributed by atoms with Gasteiger partial charge >= 0.3 is 0 Å². The number of benzene rings is 1. The highest BCUT2D eigenvalue weighted by Gasteiger charge is 2.42. The summed E-state index contributed by atoms with van der Waals surface area (Å²) >= 11 is 0. The van der Waals surface area contributed by atoms with Crippen LogP contribution in [0.15, 0.2) is 24.3 Å². The molecular formula is C22H32N2O3. The van der Waals surface area contributed by atoms with Gasteiger partial charge in [0.2, 0.25) is 11.8 Å². The quantitative estimate of drug-likeness (QED) is 0.722. The minimum Gasteiger partial charge on any atom is -0.385 e. The van der Waals surface area contributed by atoms with E-state index in [0.717, 1.165) is 57.4 Å². The Labute approximate surface area is 162 Å². The molecule has 2 heterocycles. The number of ether oxygens (including phenoxy) is 1. The van der Waals surface area contributed by atoms with Crippen LogP contribution in [0.1, 0.15) is 43.2 Å². The standard InChI is InChI=1S/C22H32N2O3/c1-18-7-3-4-8-19(18)15-21(26)24-12-5-10-22(17-24)11-9-20(25)23(16-22)13-6-14-27-2/h3-4,7-8H,5-6,9-17H2,1-2H3/t22-/m1/s1. The summed E-state index contributed by atoms with van der Waals surface area (Å²) in [5.74, 6) is 0.464. The Bertz CT molecular complexity index is 675. The first-order valence-electron chi connectivity index (χ1n) is 10.1. The van der Waals surface area contributed by atoms with E-state index in [0.29, 0.717) is 19.4 Å². The number of rotatable bonds is 6. The van der Waals surface area contributed by atoms with E-state index >= 15 is 0 Å². The van der Waals surface area contributed by atoms with Crippen LogP contribution in [0.3, 0.4) is 0 Å². The Morgan fingerprint density at radius 3 is 2.81 bits per heavy atom. The van der Waals surface area contributed by atoms with Gasteiger partial charge in [0.05, 0.1) is 6.42 Å². The average molecular weight is 373 g/mol. The van der Waals surface area contributed by atoms with E-state index in [1.807, 2.05) is 28.0 Å². The highest BCUT2D eigenvalue weighted by Crippen LogP contribution is 2.39. The van der Waals surface area contributed by atoms with Gasteiger partial charge in [-0.25, -0.2) is 0 Å². The van der Waals surface area contributed by atoms with Crippen LogP contribution in [0, 0.1) is 12.3 Å². The Morgan fingerprint density at radius 1 is 1.22 bits per heavy atom. The van der Waals surface area contributed by atoms with Crippen LogP contribution in [-0.2, 0) is 20.7 Å². The Balaban J connectivity index is 1.63. The van der Waals surface area contributed by atoms with Gasteiger partial charge in [0, 0.05) is 51.7 Å². The van der Waals surface area contributed by atoms with Crippen molar-refractivity contribution in [2.24, 2.45) is 5.41 Å². The molecule has 0 N–H and O–H groups in total. The van der Waals surface area contributed by atoms with E-state index in [2.05, 4.69) is 13.0 Å². The molecule has 1 aromatic rings. The third-order valence-electron chi connectivity index (χ3n) is 6.14. The highest BCUT2D eigenvalue weighted by atomic mass is 16.5. The molecule has 0 bridgehead atoms. The monoisotopic (exact) mass is 372 g/mol. The van der Waals surface area contributed by atoms with Gasteiger partial charge in [0.25, 0.3) is 0 Å². The number of hydrogen-bond acceptors (Lipinski definition) is 3. The summed E-state index contributed by atoms with van der Waals surface area (Å²) in [5.41, 5.74) is 2.35. The highest BCUT2D eigenvalue weighted by molar-refractivity contribution is 5.80. The maximum atomic E-state index is 12.9. The third kappa shape index (κ3) is 4.89. The predicted octanol–water partition coefficient (Wildman–Crippen LogP) is 2.81. The lowest BCUT2D eigenvalue weighted by molar-refractivity contribution is -0.143. The number of amides is 2. The van der Waals surface area contributed by atoms with Crippen molar-refractivity contribution < 1.29 is 14.3 Å². The number of carbonyl (C=O) groups is 2. The zero-order valence-electron chi connectivity index (χ0n) is 16.7. The summed E-state index contributed by atoms with van der Waals surface area (Å²) in [7, 11) is 1.69. The van der Waals surface area contributed by atoms with E-state index < -0.39 is 0 Å². The first kappa shape index (κ1) is 19.9. The summed E-state index contributed by atoms with van der Waals surface area (Å²) in [6.07, 6.45) is 4.98. The van der Waals surface area contributed by atoms with Crippen LogP contribution in [0.25, 0.3) is 0 Å². The summed E-state index contributed by atoms with van der Waals surface area (Å²) in [5, 5.41) is 0. The lowest BCUT2D eigenvalue weighted by Gasteiger charge is -2.48. The summed E-state index contributed by atoms with van der Waals surface area (Å²) in [6, 6.07) is 8.11. The molecule has 148 valence electrons. The Morgan fingerprint density at radius 2 is 2.04 bits per heavy atom. The predicted molar refractivity (Wildman–Crippen MR) is 105 cm³/mol. The smallest absolute Gasteiger partial charge is 0.227 e. The zero-order chi connectivity index (χ0) is 19.3. The molecule has 0 unspecified atom stereocenters. The molecule has 1 spiro atoms. The number of nitrogens with zero attached hydrogens (tertiary/aromatic N) is 2. The van der Waals surface area contributed by atoms with Crippen molar-refractivity contribution in [3.63, 3.8) is 0 Å². The summed E-state index contributed by atoms with van der Waals surface area (Å²) in [4.78, 5) is 29.3.